The number of rotatable bonds is 6. The van der Waals surface area contributed by atoms with Crippen molar-refractivity contribution in [1.29, 1.82) is 0 Å². The largest absolute Gasteiger partial charge is 0.455 e. The molecule has 0 bridgehead atoms. The van der Waals surface area contributed by atoms with E-state index in [1.165, 1.54) is 32.8 Å². The number of furan rings is 1. The van der Waals surface area contributed by atoms with Gasteiger partial charge in [0, 0.05) is 33.0 Å². The Hall–Kier alpha value is -7.69. The van der Waals surface area contributed by atoms with Gasteiger partial charge < -0.3 is 4.42 Å². The number of hydrogen-bond donors (Lipinski definition) is 0. The first-order valence-corrected chi connectivity index (χ1v) is 19.2. The standard InChI is InChI=1S/C53H33N3O/c1-2-11-34(12-3-1)36-21-24-39(25-22-36)45-31-32-47(49-46-18-8-9-20-48(46)57-50(45)49)53-55-51(54-52(56-53)42-30-23-35-13-4-5-15-41(35)33-42)40-28-26-38(27-29-40)44-19-10-16-37-14-6-7-17-43(37)44/h1-33H. The fourth-order valence-electron chi connectivity index (χ4n) is 8.07. The zero-order chi connectivity index (χ0) is 37.7. The fraction of sp³-hybridized carbons (Fsp3) is 0. The number of nitrogens with zero attached hydrogens (tertiary/aromatic N) is 3. The van der Waals surface area contributed by atoms with Crippen molar-refractivity contribution in [3.05, 3.63) is 200 Å². The van der Waals surface area contributed by atoms with Gasteiger partial charge in [-0.05, 0) is 73.6 Å². The highest BCUT2D eigenvalue weighted by molar-refractivity contribution is 6.15. The van der Waals surface area contributed by atoms with Crippen LogP contribution >= 0.6 is 0 Å². The molecular formula is C53H33N3O. The van der Waals surface area contributed by atoms with Gasteiger partial charge in [-0.3, -0.25) is 0 Å². The molecule has 4 nitrogen and oxygen atoms in total. The SMILES string of the molecule is c1ccc(-c2ccc(-c3ccc(-c4nc(-c5ccc(-c6cccc7ccccc67)cc5)nc(-c5ccc6ccccc6c5)n4)c4c3oc3ccccc34)cc2)cc1. The van der Waals surface area contributed by atoms with E-state index in [0.717, 1.165) is 60.7 Å². The summed E-state index contributed by atoms with van der Waals surface area (Å²) < 4.78 is 6.71. The minimum atomic E-state index is 0.587. The fourth-order valence-corrected chi connectivity index (χ4v) is 8.07. The summed E-state index contributed by atoms with van der Waals surface area (Å²) in [6.45, 7) is 0. The molecule has 9 aromatic carbocycles. The van der Waals surface area contributed by atoms with Crippen LogP contribution in [0.1, 0.15) is 0 Å². The van der Waals surface area contributed by atoms with E-state index in [-0.39, 0.29) is 0 Å². The van der Waals surface area contributed by atoms with Crippen molar-refractivity contribution in [2.75, 3.05) is 0 Å². The Morgan fingerprint density at radius 1 is 0.298 bits per heavy atom. The van der Waals surface area contributed by atoms with Gasteiger partial charge in [-0.25, -0.2) is 15.0 Å². The maximum atomic E-state index is 6.71. The molecule has 0 spiro atoms. The highest BCUT2D eigenvalue weighted by Crippen LogP contribution is 2.42. The topological polar surface area (TPSA) is 51.8 Å². The Balaban J connectivity index is 1.08. The van der Waals surface area contributed by atoms with E-state index in [0.29, 0.717) is 17.5 Å². The molecule has 4 heteroatoms. The second-order valence-corrected chi connectivity index (χ2v) is 14.4. The van der Waals surface area contributed by atoms with E-state index in [1.54, 1.807) is 0 Å². The maximum Gasteiger partial charge on any atom is 0.164 e. The molecule has 0 unspecified atom stereocenters. The van der Waals surface area contributed by atoms with Crippen LogP contribution in [-0.2, 0) is 0 Å². The van der Waals surface area contributed by atoms with Crippen molar-refractivity contribution in [2.45, 2.75) is 0 Å². The van der Waals surface area contributed by atoms with Gasteiger partial charge >= 0.3 is 0 Å². The summed E-state index contributed by atoms with van der Waals surface area (Å²) >= 11 is 0. The van der Waals surface area contributed by atoms with Crippen molar-refractivity contribution in [3.8, 4) is 67.5 Å². The summed E-state index contributed by atoms with van der Waals surface area (Å²) in [7, 11) is 0. The zero-order valence-corrected chi connectivity index (χ0v) is 30.8. The Bertz CT molecular complexity index is 3270. The predicted molar refractivity (Wildman–Crippen MR) is 235 cm³/mol. The summed E-state index contributed by atoms with van der Waals surface area (Å²) in [5.41, 5.74) is 11.1. The zero-order valence-electron chi connectivity index (χ0n) is 30.8. The lowest BCUT2D eigenvalue weighted by Crippen LogP contribution is -2.00. The van der Waals surface area contributed by atoms with Gasteiger partial charge in [-0.15, -0.1) is 0 Å². The van der Waals surface area contributed by atoms with Crippen LogP contribution in [0.3, 0.4) is 0 Å². The lowest BCUT2D eigenvalue weighted by Gasteiger charge is -2.12. The summed E-state index contributed by atoms with van der Waals surface area (Å²) in [6.07, 6.45) is 0. The molecule has 57 heavy (non-hydrogen) atoms. The molecule has 11 aromatic rings. The molecule has 0 aliphatic rings. The van der Waals surface area contributed by atoms with Gasteiger partial charge in [0.1, 0.15) is 11.2 Å². The molecular weight excluding hydrogens is 695 g/mol. The third-order valence-electron chi connectivity index (χ3n) is 11.0. The summed E-state index contributed by atoms with van der Waals surface area (Å²) in [4.78, 5) is 15.6. The average molecular weight is 728 g/mol. The van der Waals surface area contributed by atoms with Crippen molar-refractivity contribution in [1.82, 2.24) is 15.0 Å². The van der Waals surface area contributed by atoms with E-state index in [1.807, 2.05) is 18.2 Å². The van der Waals surface area contributed by atoms with Gasteiger partial charge in [-0.2, -0.15) is 0 Å². The average Bonchev–Trinajstić information content (AvgIpc) is 3.68. The van der Waals surface area contributed by atoms with Gasteiger partial charge in [-0.1, -0.05) is 176 Å². The van der Waals surface area contributed by atoms with Crippen molar-refractivity contribution >= 4 is 43.5 Å². The highest BCUT2D eigenvalue weighted by atomic mass is 16.3. The van der Waals surface area contributed by atoms with E-state index < -0.39 is 0 Å². The van der Waals surface area contributed by atoms with E-state index >= 15 is 0 Å². The summed E-state index contributed by atoms with van der Waals surface area (Å²) in [6, 6.07) is 69.9. The quantitative estimate of drug-likeness (QED) is 0.171. The first kappa shape index (κ1) is 32.7. The van der Waals surface area contributed by atoms with Crippen molar-refractivity contribution < 1.29 is 4.42 Å². The third-order valence-corrected chi connectivity index (χ3v) is 11.0. The number of aromatic nitrogens is 3. The molecule has 0 atom stereocenters. The van der Waals surface area contributed by atoms with Gasteiger partial charge in [0.2, 0.25) is 0 Å². The van der Waals surface area contributed by atoms with Gasteiger partial charge in [0.25, 0.3) is 0 Å². The number of hydrogen-bond acceptors (Lipinski definition) is 4. The molecule has 266 valence electrons. The van der Waals surface area contributed by atoms with Crippen LogP contribution in [0.15, 0.2) is 205 Å². The highest BCUT2D eigenvalue weighted by Gasteiger charge is 2.21. The van der Waals surface area contributed by atoms with Crippen LogP contribution in [0, 0.1) is 0 Å². The molecule has 0 radical (unpaired) electrons. The number of benzene rings is 9. The van der Waals surface area contributed by atoms with Crippen molar-refractivity contribution in [3.63, 3.8) is 0 Å². The van der Waals surface area contributed by atoms with Crippen LogP contribution in [0.5, 0.6) is 0 Å². The monoisotopic (exact) mass is 727 g/mol. The molecule has 0 N–H and O–H groups in total. The first-order valence-electron chi connectivity index (χ1n) is 19.2. The number of para-hydroxylation sites is 1. The molecule has 0 aliphatic heterocycles. The van der Waals surface area contributed by atoms with Gasteiger partial charge in [0.15, 0.2) is 17.5 Å². The minimum Gasteiger partial charge on any atom is -0.455 e. The molecule has 0 saturated heterocycles. The Morgan fingerprint density at radius 3 is 1.65 bits per heavy atom. The lowest BCUT2D eigenvalue weighted by atomic mass is 9.96. The van der Waals surface area contributed by atoms with Crippen LogP contribution in [0.25, 0.3) is 111 Å². The van der Waals surface area contributed by atoms with Crippen molar-refractivity contribution in [2.24, 2.45) is 0 Å². The molecule has 0 fully saturated rings. The van der Waals surface area contributed by atoms with E-state index in [9.17, 15) is 0 Å². The summed E-state index contributed by atoms with van der Waals surface area (Å²) in [5, 5.41) is 6.72. The molecule has 0 amide bonds. The molecule has 2 aromatic heterocycles. The normalized spacial score (nSPS) is 11.5. The molecule has 0 aliphatic carbocycles. The number of fused-ring (bicyclic) bond motifs is 5. The first-order chi connectivity index (χ1) is 28.2. The van der Waals surface area contributed by atoms with Crippen LogP contribution in [0.2, 0.25) is 0 Å². The smallest absolute Gasteiger partial charge is 0.164 e. The molecule has 0 saturated carbocycles. The van der Waals surface area contributed by atoms with Crippen LogP contribution < -0.4 is 0 Å². The maximum absolute atomic E-state index is 6.71. The van der Waals surface area contributed by atoms with E-state index in [4.69, 9.17) is 19.4 Å². The molecule has 2 heterocycles. The second-order valence-electron chi connectivity index (χ2n) is 14.4. The van der Waals surface area contributed by atoms with Crippen LogP contribution in [-0.4, -0.2) is 15.0 Å². The lowest BCUT2D eigenvalue weighted by molar-refractivity contribution is 0.670. The van der Waals surface area contributed by atoms with Gasteiger partial charge in [0.05, 0.1) is 0 Å². The van der Waals surface area contributed by atoms with E-state index in [2.05, 4.69) is 182 Å². The molecule has 11 rings (SSSR count). The third kappa shape index (κ3) is 5.83. The van der Waals surface area contributed by atoms with Crippen LogP contribution in [0.4, 0.5) is 0 Å². The summed E-state index contributed by atoms with van der Waals surface area (Å²) in [5.74, 6) is 1.80. The minimum absolute atomic E-state index is 0.587. The Kier molecular flexibility index (Phi) is 7.78. The predicted octanol–water partition coefficient (Wildman–Crippen LogP) is 14.1. The Morgan fingerprint density at radius 2 is 0.842 bits per heavy atom. The second kappa shape index (κ2) is 13.6. The Labute approximate surface area is 329 Å².